The number of likely N-dealkylation sites (tertiary alicyclic amines) is 1. The summed E-state index contributed by atoms with van der Waals surface area (Å²) in [5.41, 5.74) is 1.76. The standard InChI is InChI=1S/C27H32F4N2O2S/c28-21-7-8-22-24(14-19-3-1-4-20(13-19)27(29,30)31)26(16-33-11-2-12-33)23(25(22)15-21)9-10-32-36(34,35)17-18-5-6-18/h1,3-4,7-8,13,15,18,23-24,26,32H,2,5-6,9-12,14,16-17H2. The second-order valence-electron chi connectivity index (χ2n) is 10.6. The molecule has 0 aromatic heterocycles. The van der Waals surface area contributed by atoms with Gasteiger partial charge in [-0.25, -0.2) is 17.5 Å². The van der Waals surface area contributed by atoms with Crippen LogP contribution in [0.25, 0.3) is 0 Å². The molecule has 3 unspecified atom stereocenters. The van der Waals surface area contributed by atoms with Gasteiger partial charge >= 0.3 is 6.18 Å². The molecule has 1 saturated heterocycles. The summed E-state index contributed by atoms with van der Waals surface area (Å²) < 4.78 is 82.0. The fourth-order valence-electron chi connectivity index (χ4n) is 5.85. The fraction of sp³-hybridized carbons (Fsp3) is 0.556. The van der Waals surface area contributed by atoms with Crippen LogP contribution < -0.4 is 4.72 Å². The molecule has 2 aromatic carbocycles. The third-order valence-electron chi connectivity index (χ3n) is 7.94. The molecule has 0 bridgehead atoms. The van der Waals surface area contributed by atoms with Crippen LogP contribution in [0.5, 0.6) is 0 Å². The van der Waals surface area contributed by atoms with E-state index in [0.29, 0.717) is 18.4 Å². The molecule has 1 heterocycles. The van der Waals surface area contributed by atoms with E-state index in [4.69, 9.17) is 0 Å². The number of hydrogen-bond acceptors (Lipinski definition) is 3. The minimum Gasteiger partial charge on any atom is -0.303 e. The Labute approximate surface area is 210 Å². The summed E-state index contributed by atoms with van der Waals surface area (Å²) in [5, 5.41) is 0. The molecule has 0 amide bonds. The lowest BCUT2D eigenvalue weighted by molar-refractivity contribution is -0.137. The molecule has 1 aliphatic heterocycles. The average molecular weight is 525 g/mol. The molecule has 3 atom stereocenters. The van der Waals surface area contributed by atoms with Crippen LogP contribution in [0.15, 0.2) is 42.5 Å². The van der Waals surface area contributed by atoms with Crippen molar-refractivity contribution in [2.45, 2.75) is 50.1 Å². The number of rotatable bonds is 10. The van der Waals surface area contributed by atoms with Crippen LogP contribution in [0.1, 0.15) is 59.8 Å². The summed E-state index contributed by atoms with van der Waals surface area (Å²) in [6.07, 6.45) is -0.457. The van der Waals surface area contributed by atoms with E-state index in [2.05, 4.69) is 9.62 Å². The molecule has 196 valence electrons. The van der Waals surface area contributed by atoms with E-state index in [-0.39, 0.29) is 41.8 Å². The van der Waals surface area contributed by atoms with Gasteiger partial charge in [-0.15, -0.1) is 0 Å². The summed E-state index contributed by atoms with van der Waals surface area (Å²) in [4.78, 5) is 2.33. The number of halogens is 4. The molecule has 36 heavy (non-hydrogen) atoms. The van der Waals surface area contributed by atoms with Gasteiger partial charge in [-0.05, 0) is 104 Å². The lowest BCUT2D eigenvalue weighted by Crippen LogP contribution is -2.42. The van der Waals surface area contributed by atoms with Gasteiger partial charge < -0.3 is 4.90 Å². The van der Waals surface area contributed by atoms with Crippen molar-refractivity contribution in [1.29, 1.82) is 0 Å². The molecule has 0 spiro atoms. The number of hydrogen-bond donors (Lipinski definition) is 1. The van der Waals surface area contributed by atoms with E-state index in [1.807, 2.05) is 0 Å². The summed E-state index contributed by atoms with van der Waals surface area (Å²) in [7, 11) is -3.35. The van der Waals surface area contributed by atoms with Crippen molar-refractivity contribution in [2.24, 2.45) is 11.8 Å². The molecule has 1 saturated carbocycles. The Bertz CT molecular complexity index is 1190. The molecule has 3 aliphatic rings. The first-order chi connectivity index (χ1) is 17.1. The average Bonchev–Trinajstić information content (AvgIpc) is 3.54. The third-order valence-corrected chi connectivity index (χ3v) is 9.49. The van der Waals surface area contributed by atoms with Gasteiger partial charge in [-0.3, -0.25) is 0 Å². The Morgan fingerprint density at radius 3 is 2.44 bits per heavy atom. The summed E-state index contributed by atoms with van der Waals surface area (Å²) in [6.45, 7) is 2.97. The smallest absolute Gasteiger partial charge is 0.303 e. The fourth-order valence-corrected chi connectivity index (χ4v) is 7.35. The second-order valence-corrected chi connectivity index (χ2v) is 12.5. The van der Waals surface area contributed by atoms with Gasteiger partial charge in [0, 0.05) is 13.1 Å². The van der Waals surface area contributed by atoms with E-state index < -0.39 is 21.8 Å². The molecule has 1 N–H and O–H groups in total. The Balaban J connectivity index is 1.40. The lowest BCUT2D eigenvalue weighted by Gasteiger charge is -2.37. The van der Waals surface area contributed by atoms with E-state index in [0.717, 1.165) is 56.1 Å². The van der Waals surface area contributed by atoms with Crippen LogP contribution in [0.4, 0.5) is 17.6 Å². The van der Waals surface area contributed by atoms with Crippen molar-refractivity contribution in [3.05, 3.63) is 70.5 Å². The van der Waals surface area contributed by atoms with E-state index in [1.165, 1.54) is 24.3 Å². The number of benzene rings is 2. The van der Waals surface area contributed by atoms with Gasteiger partial charge in [-0.1, -0.05) is 24.3 Å². The first kappa shape index (κ1) is 25.7. The zero-order chi connectivity index (χ0) is 25.5. The highest BCUT2D eigenvalue weighted by Crippen LogP contribution is 2.50. The first-order valence-electron chi connectivity index (χ1n) is 12.7. The highest BCUT2D eigenvalue weighted by atomic mass is 32.2. The predicted octanol–water partition coefficient (Wildman–Crippen LogP) is 5.31. The van der Waals surface area contributed by atoms with E-state index in [1.54, 1.807) is 12.1 Å². The maximum absolute atomic E-state index is 14.4. The molecule has 4 nitrogen and oxygen atoms in total. The van der Waals surface area contributed by atoms with Crippen LogP contribution in [0, 0.1) is 17.7 Å². The topological polar surface area (TPSA) is 49.4 Å². The Kier molecular flexibility index (Phi) is 7.18. The Hall–Kier alpha value is -1.97. The highest BCUT2D eigenvalue weighted by Gasteiger charge is 2.42. The number of nitrogens with zero attached hydrogens (tertiary/aromatic N) is 1. The van der Waals surface area contributed by atoms with Gasteiger partial charge in [0.25, 0.3) is 0 Å². The van der Waals surface area contributed by atoms with Crippen LogP contribution >= 0.6 is 0 Å². The van der Waals surface area contributed by atoms with Crippen LogP contribution in [-0.2, 0) is 22.6 Å². The van der Waals surface area contributed by atoms with Crippen molar-refractivity contribution in [2.75, 3.05) is 31.9 Å². The number of fused-ring (bicyclic) bond motifs is 1. The quantitative estimate of drug-likeness (QED) is 0.429. The van der Waals surface area contributed by atoms with Crippen molar-refractivity contribution in [1.82, 2.24) is 9.62 Å². The zero-order valence-corrected chi connectivity index (χ0v) is 20.9. The van der Waals surface area contributed by atoms with Gasteiger partial charge in [-0.2, -0.15) is 13.2 Å². The SMILES string of the molecule is O=S(=O)(CC1CC1)NCCC1c2cc(F)ccc2C(Cc2cccc(C(F)(F)F)c2)C1CN1CCC1. The predicted molar refractivity (Wildman–Crippen MR) is 131 cm³/mol. The van der Waals surface area contributed by atoms with Crippen LogP contribution in [0.3, 0.4) is 0 Å². The molecule has 5 rings (SSSR count). The highest BCUT2D eigenvalue weighted by molar-refractivity contribution is 7.89. The largest absolute Gasteiger partial charge is 0.416 e. The molecule has 2 aliphatic carbocycles. The van der Waals surface area contributed by atoms with Gasteiger partial charge in [0.05, 0.1) is 11.3 Å². The summed E-state index contributed by atoms with van der Waals surface area (Å²) in [5.74, 6) is -0.0357. The Morgan fingerprint density at radius 1 is 1.00 bits per heavy atom. The van der Waals surface area contributed by atoms with Gasteiger partial charge in [0.15, 0.2) is 0 Å². The number of alkyl halides is 3. The number of nitrogens with one attached hydrogen (secondary N) is 1. The van der Waals surface area contributed by atoms with Crippen molar-refractivity contribution in [3.8, 4) is 0 Å². The van der Waals surface area contributed by atoms with E-state index >= 15 is 0 Å². The minimum absolute atomic E-state index is 0.0598. The maximum Gasteiger partial charge on any atom is 0.416 e. The Morgan fingerprint density at radius 2 is 1.78 bits per heavy atom. The first-order valence-corrected chi connectivity index (χ1v) is 14.4. The van der Waals surface area contributed by atoms with Crippen molar-refractivity contribution in [3.63, 3.8) is 0 Å². The van der Waals surface area contributed by atoms with Gasteiger partial charge in [0.1, 0.15) is 5.82 Å². The zero-order valence-electron chi connectivity index (χ0n) is 20.1. The second kappa shape index (κ2) is 10.1. The molecule has 2 aromatic rings. The third kappa shape index (κ3) is 5.94. The number of sulfonamides is 1. The molecular formula is C27H32F4N2O2S. The lowest BCUT2D eigenvalue weighted by atomic mass is 9.81. The summed E-state index contributed by atoms with van der Waals surface area (Å²) in [6, 6.07) is 10.2. The van der Waals surface area contributed by atoms with Gasteiger partial charge in [0.2, 0.25) is 10.0 Å². The molecular weight excluding hydrogens is 492 g/mol. The van der Waals surface area contributed by atoms with Crippen LogP contribution in [-0.4, -0.2) is 45.2 Å². The monoisotopic (exact) mass is 524 g/mol. The minimum atomic E-state index is -4.41. The van der Waals surface area contributed by atoms with Crippen molar-refractivity contribution >= 4 is 10.0 Å². The molecule has 2 fully saturated rings. The molecule has 0 radical (unpaired) electrons. The van der Waals surface area contributed by atoms with Crippen LogP contribution in [0.2, 0.25) is 0 Å². The maximum atomic E-state index is 14.4. The summed E-state index contributed by atoms with van der Waals surface area (Å²) >= 11 is 0. The molecule has 9 heteroatoms. The van der Waals surface area contributed by atoms with E-state index in [9.17, 15) is 26.0 Å². The normalized spacial score (nSPS) is 24.5. The van der Waals surface area contributed by atoms with Crippen molar-refractivity contribution < 1.29 is 26.0 Å².